The molecule has 0 aromatic rings. The molecule has 2 aliphatic heterocycles. The zero-order valence-electron chi connectivity index (χ0n) is 13.6. The van der Waals surface area contributed by atoms with Crippen LogP contribution in [-0.2, 0) is 9.53 Å². The zero-order valence-corrected chi connectivity index (χ0v) is 13.6. The van der Waals surface area contributed by atoms with Crippen molar-refractivity contribution < 1.29 is 9.53 Å². The minimum atomic E-state index is -0.338. The molecule has 0 radical (unpaired) electrons. The van der Waals surface area contributed by atoms with E-state index in [1.54, 1.807) is 0 Å². The molecule has 0 spiro atoms. The Kier molecular flexibility index (Phi) is 6.45. The van der Waals surface area contributed by atoms with E-state index >= 15 is 0 Å². The predicted octanol–water partition coefficient (Wildman–Crippen LogP) is 1.07. The van der Waals surface area contributed by atoms with Gasteiger partial charge < -0.3 is 15.4 Å². The fourth-order valence-corrected chi connectivity index (χ4v) is 3.29. The Labute approximate surface area is 128 Å². The third-order valence-electron chi connectivity index (χ3n) is 4.43. The van der Waals surface area contributed by atoms with E-state index in [0.29, 0.717) is 12.0 Å². The molecule has 122 valence electrons. The summed E-state index contributed by atoms with van der Waals surface area (Å²) >= 11 is 0. The van der Waals surface area contributed by atoms with E-state index in [1.807, 2.05) is 4.90 Å². The molecule has 0 aliphatic carbocycles. The monoisotopic (exact) mass is 297 g/mol. The first kappa shape index (κ1) is 16.7. The van der Waals surface area contributed by atoms with Crippen molar-refractivity contribution in [2.75, 3.05) is 39.3 Å². The highest BCUT2D eigenvalue weighted by Crippen LogP contribution is 2.15. The van der Waals surface area contributed by atoms with Gasteiger partial charge in [-0.1, -0.05) is 13.8 Å². The van der Waals surface area contributed by atoms with Crippen molar-refractivity contribution in [1.29, 1.82) is 0 Å². The third-order valence-corrected chi connectivity index (χ3v) is 4.43. The van der Waals surface area contributed by atoms with Crippen LogP contribution in [0, 0.1) is 5.92 Å². The SMILES string of the molecule is CC(C)C[C@H](N)C(=O)N1CCCN(CC2CCCO2)CC1. The first-order chi connectivity index (χ1) is 10.1. The van der Waals surface area contributed by atoms with Crippen molar-refractivity contribution in [3.05, 3.63) is 0 Å². The van der Waals surface area contributed by atoms with Gasteiger partial charge in [-0.3, -0.25) is 9.69 Å². The minimum absolute atomic E-state index is 0.127. The summed E-state index contributed by atoms with van der Waals surface area (Å²) < 4.78 is 5.71. The molecule has 2 fully saturated rings. The lowest BCUT2D eigenvalue weighted by Crippen LogP contribution is -2.46. The molecule has 2 rings (SSSR count). The van der Waals surface area contributed by atoms with E-state index in [-0.39, 0.29) is 11.9 Å². The van der Waals surface area contributed by atoms with Crippen molar-refractivity contribution in [1.82, 2.24) is 9.80 Å². The summed E-state index contributed by atoms with van der Waals surface area (Å²) in [5.74, 6) is 0.592. The lowest BCUT2D eigenvalue weighted by Gasteiger charge is -2.26. The summed E-state index contributed by atoms with van der Waals surface area (Å²) in [4.78, 5) is 16.8. The molecule has 0 aromatic heterocycles. The van der Waals surface area contributed by atoms with Crippen LogP contribution in [0.1, 0.15) is 39.5 Å². The van der Waals surface area contributed by atoms with Crippen LogP contribution in [0.4, 0.5) is 0 Å². The second-order valence-electron chi connectivity index (χ2n) is 6.85. The van der Waals surface area contributed by atoms with Crippen LogP contribution in [0.25, 0.3) is 0 Å². The molecule has 21 heavy (non-hydrogen) atoms. The number of ether oxygens (including phenoxy) is 1. The van der Waals surface area contributed by atoms with Gasteiger partial charge in [-0.25, -0.2) is 0 Å². The maximum absolute atomic E-state index is 12.4. The van der Waals surface area contributed by atoms with Crippen LogP contribution in [0.2, 0.25) is 0 Å². The highest BCUT2D eigenvalue weighted by Gasteiger charge is 2.26. The maximum atomic E-state index is 12.4. The lowest BCUT2D eigenvalue weighted by atomic mass is 10.0. The Hall–Kier alpha value is -0.650. The molecular weight excluding hydrogens is 266 g/mol. The fraction of sp³-hybridized carbons (Fsp3) is 0.938. The Morgan fingerprint density at radius 2 is 2.05 bits per heavy atom. The zero-order chi connectivity index (χ0) is 15.2. The standard InChI is InChI=1S/C16H31N3O2/c1-13(2)11-15(17)16(20)19-7-4-6-18(8-9-19)12-14-5-3-10-21-14/h13-15H,3-12,17H2,1-2H3/t14?,15-/m0/s1. The van der Waals surface area contributed by atoms with E-state index in [0.717, 1.165) is 52.2 Å². The molecule has 2 heterocycles. The minimum Gasteiger partial charge on any atom is -0.377 e. The summed E-state index contributed by atoms with van der Waals surface area (Å²) in [7, 11) is 0. The van der Waals surface area contributed by atoms with Gasteiger partial charge in [-0.05, 0) is 38.1 Å². The molecule has 2 aliphatic rings. The average Bonchev–Trinajstić information content (AvgIpc) is 2.82. The molecule has 5 nitrogen and oxygen atoms in total. The van der Waals surface area contributed by atoms with Crippen molar-refractivity contribution in [2.45, 2.75) is 51.7 Å². The van der Waals surface area contributed by atoms with Gasteiger partial charge >= 0.3 is 0 Å². The Balaban J connectivity index is 1.78. The fourth-order valence-electron chi connectivity index (χ4n) is 3.29. The van der Waals surface area contributed by atoms with Crippen LogP contribution in [0.5, 0.6) is 0 Å². The summed E-state index contributed by atoms with van der Waals surface area (Å²) in [6, 6.07) is -0.338. The van der Waals surface area contributed by atoms with Crippen LogP contribution < -0.4 is 5.73 Å². The van der Waals surface area contributed by atoms with Gasteiger partial charge in [0.1, 0.15) is 0 Å². The molecule has 1 unspecified atom stereocenters. The number of hydrogen-bond acceptors (Lipinski definition) is 4. The largest absolute Gasteiger partial charge is 0.377 e. The molecule has 5 heteroatoms. The Morgan fingerprint density at radius 1 is 1.24 bits per heavy atom. The van der Waals surface area contributed by atoms with Gasteiger partial charge in [0, 0.05) is 32.8 Å². The molecule has 2 atom stereocenters. The molecule has 2 saturated heterocycles. The number of rotatable bonds is 5. The molecule has 2 N–H and O–H groups in total. The number of amides is 1. The van der Waals surface area contributed by atoms with E-state index in [9.17, 15) is 4.79 Å². The van der Waals surface area contributed by atoms with Crippen molar-refractivity contribution in [2.24, 2.45) is 11.7 Å². The lowest BCUT2D eigenvalue weighted by molar-refractivity contribution is -0.132. The van der Waals surface area contributed by atoms with Gasteiger partial charge in [0.25, 0.3) is 0 Å². The summed E-state index contributed by atoms with van der Waals surface area (Å²) in [6.45, 7) is 9.79. The second-order valence-corrected chi connectivity index (χ2v) is 6.85. The van der Waals surface area contributed by atoms with Crippen LogP contribution in [0.15, 0.2) is 0 Å². The number of nitrogens with zero attached hydrogens (tertiary/aromatic N) is 2. The van der Waals surface area contributed by atoms with Crippen molar-refractivity contribution in [3.63, 3.8) is 0 Å². The topological polar surface area (TPSA) is 58.8 Å². The molecule has 0 bridgehead atoms. The smallest absolute Gasteiger partial charge is 0.239 e. The normalized spacial score (nSPS) is 26.1. The third kappa shape index (κ3) is 5.24. The predicted molar refractivity (Wildman–Crippen MR) is 84.0 cm³/mol. The Bertz CT molecular complexity index is 329. The quantitative estimate of drug-likeness (QED) is 0.825. The van der Waals surface area contributed by atoms with E-state index in [4.69, 9.17) is 10.5 Å². The highest BCUT2D eigenvalue weighted by atomic mass is 16.5. The molecule has 0 aromatic carbocycles. The number of carbonyl (C=O) groups is 1. The average molecular weight is 297 g/mol. The van der Waals surface area contributed by atoms with Crippen LogP contribution in [0.3, 0.4) is 0 Å². The first-order valence-corrected chi connectivity index (χ1v) is 8.44. The van der Waals surface area contributed by atoms with Gasteiger partial charge in [0.2, 0.25) is 5.91 Å². The highest BCUT2D eigenvalue weighted by molar-refractivity contribution is 5.81. The molecule has 1 amide bonds. The van der Waals surface area contributed by atoms with Gasteiger partial charge in [0.15, 0.2) is 0 Å². The Morgan fingerprint density at radius 3 is 2.71 bits per heavy atom. The first-order valence-electron chi connectivity index (χ1n) is 8.44. The number of hydrogen-bond donors (Lipinski definition) is 1. The van der Waals surface area contributed by atoms with Crippen LogP contribution in [-0.4, -0.2) is 67.2 Å². The van der Waals surface area contributed by atoms with Crippen molar-refractivity contribution >= 4 is 5.91 Å². The van der Waals surface area contributed by atoms with Crippen LogP contribution >= 0.6 is 0 Å². The van der Waals surface area contributed by atoms with Gasteiger partial charge in [0.05, 0.1) is 12.1 Å². The summed E-state index contributed by atoms with van der Waals surface area (Å²) in [6.07, 6.45) is 4.57. The van der Waals surface area contributed by atoms with E-state index in [1.165, 1.54) is 12.8 Å². The van der Waals surface area contributed by atoms with Gasteiger partial charge in [-0.15, -0.1) is 0 Å². The van der Waals surface area contributed by atoms with Crippen molar-refractivity contribution in [3.8, 4) is 0 Å². The number of nitrogens with two attached hydrogens (primary N) is 1. The maximum Gasteiger partial charge on any atom is 0.239 e. The van der Waals surface area contributed by atoms with E-state index < -0.39 is 0 Å². The second kappa shape index (κ2) is 8.11. The molecular formula is C16H31N3O2. The van der Waals surface area contributed by atoms with Gasteiger partial charge in [-0.2, -0.15) is 0 Å². The van der Waals surface area contributed by atoms with E-state index in [2.05, 4.69) is 18.7 Å². The number of carbonyl (C=O) groups excluding carboxylic acids is 1. The summed E-state index contributed by atoms with van der Waals surface area (Å²) in [5, 5.41) is 0. The summed E-state index contributed by atoms with van der Waals surface area (Å²) in [5.41, 5.74) is 6.04. The molecule has 0 saturated carbocycles.